The maximum atomic E-state index is 10.7. The van der Waals surface area contributed by atoms with Gasteiger partial charge in [0.1, 0.15) is 0 Å². The number of anilines is 1. The molecule has 120 valence electrons. The van der Waals surface area contributed by atoms with Gasteiger partial charge < -0.3 is 19.4 Å². The number of hydrogen-bond acceptors (Lipinski definition) is 6. The van der Waals surface area contributed by atoms with E-state index in [0.717, 1.165) is 0 Å². The second-order valence-corrected chi connectivity index (χ2v) is 4.88. The van der Waals surface area contributed by atoms with Gasteiger partial charge in [-0.3, -0.25) is 5.43 Å². The molecule has 0 aliphatic carbocycles. The Hall–Kier alpha value is -2.73. The van der Waals surface area contributed by atoms with Crippen molar-refractivity contribution in [3.63, 3.8) is 0 Å². The fourth-order valence-electron chi connectivity index (χ4n) is 1.87. The summed E-state index contributed by atoms with van der Waals surface area (Å²) in [4.78, 5) is 10.7. The number of methoxy groups -OCH3 is 2. The summed E-state index contributed by atoms with van der Waals surface area (Å²) in [5.41, 5.74) is 4.24. The van der Waals surface area contributed by atoms with E-state index in [0.29, 0.717) is 27.8 Å². The minimum Gasteiger partial charge on any atom is -0.545 e. The van der Waals surface area contributed by atoms with Gasteiger partial charge in [0.05, 0.1) is 37.1 Å². The number of hydrazone groups is 1. The highest BCUT2D eigenvalue weighted by molar-refractivity contribution is 6.32. The lowest BCUT2D eigenvalue weighted by molar-refractivity contribution is -0.255. The molecule has 0 atom stereocenters. The fraction of sp³-hybridized carbons (Fsp3) is 0.125. The van der Waals surface area contributed by atoms with Crippen molar-refractivity contribution < 1.29 is 19.4 Å². The van der Waals surface area contributed by atoms with Crippen LogP contribution in [0, 0.1) is 0 Å². The smallest absolute Gasteiger partial charge is 0.179 e. The van der Waals surface area contributed by atoms with Crippen LogP contribution < -0.4 is 20.0 Å². The molecule has 2 aromatic carbocycles. The van der Waals surface area contributed by atoms with Gasteiger partial charge in [-0.05, 0) is 35.4 Å². The number of carboxylic acid groups (broad SMARTS) is 1. The molecule has 0 amide bonds. The van der Waals surface area contributed by atoms with Gasteiger partial charge in [-0.2, -0.15) is 5.10 Å². The molecule has 0 bridgehead atoms. The van der Waals surface area contributed by atoms with Crippen molar-refractivity contribution in [2.45, 2.75) is 0 Å². The SMILES string of the molecule is COc1cc(/C=N\Nc2ccc(C(=O)[O-])cc2)cc(Cl)c1OC. The van der Waals surface area contributed by atoms with Gasteiger partial charge in [-0.25, -0.2) is 0 Å². The highest BCUT2D eigenvalue weighted by Crippen LogP contribution is 2.35. The van der Waals surface area contributed by atoms with Crippen molar-refractivity contribution >= 4 is 29.5 Å². The molecule has 0 heterocycles. The Kier molecular flexibility index (Phi) is 5.43. The molecule has 0 aliphatic heterocycles. The van der Waals surface area contributed by atoms with E-state index in [1.807, 2.05) is 0 Å². The van der Waals surface area contributed by atoms with Crippen molar-refractivity contribution in [3.05, 3.63) is 52.5 Å². The molecule has 0 fully saturated rings. The molecule has 7 heteroatoms. The number of carboxylic acids is 1. The average Bonchev–Trinajstić information content (AvgIpc) is 2.54. The number of nitrogens with one attached hydrogen (secondary N) is 1. The number of rotatable bonds is 6. The summed E-state index contributed by atoms with van der Waals surface area (Å²) in [6.07, 6.45) is 1.56. The maximum absolute atomic E-state index is 10.7. The summed E-state index contributed by atoms with van der Waals surface area (Å²) < 4.78 is 10.4. The van der Waals surface area contributed by atoms with Crippen molar-refractivity contribution in [2.75, 3.05) is 19.6 Å². The normalized spacial score (nSPS) is 10.6. The molecule has 0 saturated carbocycles. The first kappa shape index (κ1) is 16.6. The quantitative estimate of drug-likeness (QED) is 0.647. The van der Waals surface area contributed by atoms with Gasteiger partial charge in [0.2, 0.25) is 0 Å². The summed E-state index contributed by atoms with van der Waals surface area (Å²) in [6, 6.07) is 9.46. The van der Waals surface area contributed by atoms with Crippen molar-refractivity contribution in [2.24, 2.45) is 5.10 Å². The van der Waals surface area contributed by atoms with Crippen LogP contribution in [-0.2, 0) is 0 Å². The Morgan fingerprint density at radius 2 is 1.91 bits per heavy atom. The van der Waals surface area contributed by atoms with Crippen LogP contribution in [0.25, 0.3) is 0 Å². The van der Waals surface area contributed by atoms with Crippen LogP contribution >= 0.6 is 11.6 Å². The zero-order valence-corrected chi connectivity index (χ0v) is 13.3. The second-order valence-electron chi connectivity index (χ2n) is 4.47. The number of benzene rings is 2. The molecule has 0 unspecified atom stereocenters. The molecule has 0 aliphatic rings. The summed E-state index contributed by atoms with van der Waals surface area (Å²) >= 11 is 6.11. The zero-order valence-electron chi connectivity index (χ0n) is 12.5. The average molecular weight is 334 g/mol. The topological polar surface area (TPSA) is 83.0 Å². The van der Waals surface area contributed by atoms with Gasteiger partial charge in [0.25, 0.3) is 0 Å². The minimum atomic E-state index is -1.22. The van der Waals surface area contributed by atoms with Crippen molar-refractivity contribution in [1.29, 1.82) is 0 Å². The molecular formula is C16H14ClN2O4-. The number of halogens is 1. The Balaban J connectivity index is 2.11. The summed E-state index contributed by atoms with van der Waals surface area (Å²) in [6.45, 7) is 0. The minimum absolute atomic E-state index is 0.103. The van der Waals surface area contributed by atoms with Gasteiger partial charge in [-0.1, -0.05) is 23.7 Å². The van der Waals surface area contributed by atoms with E-state index in [-0.39, 0.29) is 5.56 Å². The second kappa shape index (κ2) is 7.51. The van der Waals surface area contributed by atoms with E-state index in [9.17, 15) is 9.90 Å². The lowest BCUT2D eigenvalue weighted by Crippen LogP contribution is -2.21. The summed E-state index contributed by atoms with van der Waals surface area (Å²) in [5, 5.41) is 15.1. The molecular weight excluding hydrogens is 320 g/mol. The van der Waals surface area contributed by atoms with Crippen LogP contribution in [0.4, 0.5) is 5.69 Å². The summed E-state index contributed by atoms with van der Waals surface area (Å²) in [7, 11) is 3.03. The van der Waals surface area contributed by atoms with Crippen LogP contribution in [0.3, 0.4) is 0 Å². The molecule has 0 aromatic heterocycles. The van der Waals surface area contributed by atoms with Crippen LogP contribution in [0.1, 0.15) is 15.9 Å². The van der Waals surface area contributed by atoms with Gasteiger partial charge in [0, 0.05) is 0 Å². The molecule has 0 spiro atoms. The molecule has 23 heavy (non-hydrogen) atoms. The van der Waals surface area contributed by atoms with Crippen LogP contribution in [0.2, 0.25) is 5.02 Å². The largest absolute Gasteiger partial charge is 0.545 e. The monoisotopic (exact) mass is 333 g/mol. The number of nitrogens with zero attached hydrogens (tertiary/aromatic N) is 1. The number of aromatic carboxylic acids is 1. The number of hydrogen-bond donors (Lipinski definition) is 1. The standard InChI is InChI=1S/C16H15ClN2O4/c1-22-14-8-10(7-13(17)15(14)23-2)9-18-19-12-5-3-11(4-6-12)16(20)21/h3-9,19H,1-2H3,(H,20,21)/p-1/b18-9-. The third-order valence-corrected chi connectivity index (χ3v) is 3.26. The number of carbonyl (C=O) groups excluding carboxylic acids is 1. The van der Waals surface area contributed by atoms with Gasteiger partial charge >= 0.3 is 0 Å². The molecule has 6 nitrogen and oxygen atoms in total. The molecule has 2 aromatic rings. The molecule has 2 rings (SSSR count). The van der Waals surface area contributed by atoms with Crippen molar-refractivity contribution in [1.82, 2.24) is 0 Å². The van der Waals surface area contributed by atoms with E-state index in [2.05, 4.69) is 10.5 Å². The first-order chi connectivity index (χ1) is 11.0. The molecule has 1 N–H and O–H groups in total. The van der Waals surface area contributed by atoms with Crippen molar-refractivity contribution in [3.8, 4) is 11.5 Å². The van der Waals surface area contributed by atoms with Crippen LogP contribution in [0.15, 0.2) is 41.5 Å². The lowest BCUT2D eigenvalue weighted by Gasteiger charge is -2.10. The highest BCUT2D eigenvalue weighted by atomic mass is 35.5. The van der Waals surface area contributed by atoms with Gasteiger partial charge in [-0.15, -0.1) is 0 Å². The Morgan fingerprint density at radius 1 is 1.22 bits per heavy atom. The van der Waals surface area contributed by atoms with E-state index in [1.165, 1.54) is 26.4 Å². The Bertz CT molecular complexity index is 730. The van der Waals surface area contributed by atoms with Crippen LogP contribution in [-0.4, -0.2) is 26.4 Å². The molecule has 0 saturated heterocycles. The Labute approximate surface area is 138 Å². The molecule has 0 radical (unpaired) electrons. The van der Waals surface area contributed by atoms with E-state index in [4.69, 9.17) is 21.1 Å². The maximum Gasteiger partial charge on any atom is 0.179 e. The first-order valence-corrected chi connectivity index (χ1v) is 6.95. The number of ether oxygens (including phenoxy) is 2. The number of carbonyl (C=O) groups is 1. The fourth-order valence-corrected chi connectivity index (χ4v) is 2.17. The third kappa shape index (κ3) is 4.14. The van der Waals surface area contributed by atoms with E-state index < -0.39 is 5.97 Å². The third-order valence-electron chi connectivity index (χ3n) is 2.98. The van der Waals surface area contributed by atoms with E-state index >= 15 is 0 Å². The Morgan fingerprint density at radius 3 is 2.48 bits per heavy atom. The highest BCUT2D eigenvalue weighted by Gasteiger charge is 2.09. The predicted molar refractivity (Wildman–Crippen MR) is 86.5 cm³/mol. The lowest BCUT2D eigenvalue weighted by atomic mass is 10.2. The first-order valence-electron chi connectivity index (χ1n) is 6.57. The summed E-state index contributed by atoms with van der Waals surface area (Å²) in [5.74, 6) is -0.267. The van der Waals surface area contributed by atoms with Gasteiger partial charge in [0.15, 0.2) is 11.5 Å². The zero-order chi connectivity index (χ0) is 16.8. The van der Waals surface area contributed by atoms with Crippen LogP contribution in [0.5, 0.6) is 11.5 Å². The predicted octanol–water partition coefficient (Wildman–Crippen LogP) is 2.17. The van der Waals surface area contributed by atoms with E-state index in [1.54, 1.807) is 30.5 Å².